The van der Waals surface area contributed by atoms with E-state index < -0.39 is 0 Å². The van der Waals surface area contributed by atoms with Crippen molar-refractivity contribution in [2.24, 2.45) is 5.92 Å². The Labute approximate surface area is 184 Å². The summed E-state index contributed by atoms with van der Waals surface area (Å²) in [5.74, 6) is 0.994. The standard InChI is InChI=1S/C24H31N3O2.ClH/c1-16-20-13-18-15-26(2)11-8-24(18,17-6-5-7-19(28)12-17)14-21(20)25-22(16)23(29)27-9-3-4-10-27;/h5-7,12,18,25,28H,3-4,8-11,13-15H2,1-2H3;1H/t18-,24+;/m1./s1. The third-order valence-corrected chi connectivity index (χ3v) is 7.69. The van der Waals surface area contributed by atoms with E-state index in [1.165, 1.54) is 16.8 Å². The Balaban J connectivity index is 0.00000218. The highest BCUT2D eigenvalue weighted by Gasteiger charge is 2.48. The Morgan fingerprint density at radius 2 is 2.00 bits per heavy atom. The molecule has 2 saturated heterocycles. The van der Waals surface area contributed by atoms with E-state index in [0.717, 1.165) is 69.5 Å². The van der Waals surface area contributed by atoms with Crippen molar-refractivity contribution in [3.05, 3.63) is 52.3 Å². The van der Waals surface area contributed by atoms with E-state index in [2.05, 4.69) is 29.9 Å². The summed E-state index contributed by atoms with van der Waals surface area (Å²) in [6.45, 7) is 5.98. The zero-order valence-corrected chi connectivity index (χ0v) is 18.7. The van der Waals surface area contributed by atoms with Gasteiger partial charge in [-0.3, -0.25) is 4.79 Å². The van der Waals surface area contributed by atoms with Gasteiger partial charge in [-0.15, -0.1) is 12.4 Å². The zero-order valence-electron chi connectivity index (χ0n) is 17.9. The number of fused-ring (bicyclic) bond motifs is 2. The smallest absolute Gasteiger partial charge is 0.270 e. The predicted octanol–water partition coefficient (Wildman–Crippen LogP) is 3.67. The van der Waals surface area contributed by atoms with Crippen molar-refractivity contribution < 1.29 is 9.90 Å². The number of aromatic amines is 1. The fourth-order valence-corrected chi connectivity index (χ4v) is 6.01. The van der Waals surface area contributed by atoms with E-state index in [9.17, 15) is 9.90 Å². The number of nitrogens with one attached hydrogen (secondary N) is 1. The van der Waals surface area contributed by atoms with Crippen molar-refractivity contribution in [1.29, 1.82) is 0 Å². The maximum Gasteiger partial charge on any atom is 0.270 e. The minimum absolute atomic E-state index is 0. The molecular weight excluding hydrogens is 398 g/mol. The molecule has 0 radical (unpaired) electrons. The van der Waals surface area contributed by atoms with Gasteiger partial charge in [0.15, 0.2) is 0 Å². The fourth-order valence-electron chi connectivity index (χ4n) is 6.01. The minimum atomic E-state index is 0. The van der Waals surface area contributed by atoms with E-state index in [1.807, 2.05) is 17.0 Å². The molecule has 0 spiro atoms. The molecule has 1 aliphatic carbocycles. The van der Waals surface area contributed by atoms with Crippen molar-refractivity contribution >= 4 is 18.3 Å². The number of aromatic hydroxyl groups is 1. The number of carbonyl (C=O) groups is 1. The summed E-state index contributed by atoms with van der Waals surface area (Å²) in [5.41, 5.74) is 5.78. The summed E-state index contributed by atoms with van der Waals surface area (Å²) in [5, 5.41) is 10.2. The number of likely N-dealkylation sites (tertiary alicyclic amines) is 2. The van der Waals surface area contributed by atoms with Crippen molar-refractivity contribution in [2.45, 2.75) is 44.4 Å². The minimum Gasteiger partial charge on any atom is -0.508 e. The Morgan fingerprint density at radius 1 is 1.23 bits per heavy atom. The molecule has 3 aliphatic rings. The first-order valence-electron chi connectivity index (χ1n) is 11.0. The Hall–Kier alpha value is -1.98. The van der Waals surface area contributed by atoms with Crippen LogP contribution in [0.5, 0.6) is 5.75 Å². The maximum atomic E-state index is 13.1. The molecule has 1 aromatic carbocycles. The van der Waals surface area contributed by atoms with Crippen LogP contribution in [0.25, 0.3) is 0 Å². The van der Waals surface area contributed by atoms with Crippen LogP contribution < -0.4 is 0 Å². The van der Waals surface area contributed by atoms with Gasteiger partial charge in [0.2, 0.25) is 0 Å². The maximum absolute atomic E-state index is 13.1. The van der Waals surface area contributed by atoms with Crippen LogP contribution in [0, 0.1) is 12.8 Å². The van der Waals surface area contributed by atoms with Gasteiger partial charge in [-0.05, 0) is 87.4 Å². The van der Waals surface area contributed by atoms with Crippen LogP contribution in [0.4, 0.5) is 0 Å². The second-order valence-electron chi connectivity index (χ2n) is 9.38. The van der Waals surface area contributed by atoms with Gasteiger partial charge in [0.05, 0.1) is 0 Å². The van der Waals surface area contributed by atoms with Crippen LogP contribution in [-0.2, 0) is 18.3 Å². The second-order valence-corrected chi connectivity index (χ2v) is 9.38. The molecule has 2 atom stereocenters. The average molecular weight is 430 g/mol. The average Bonchev–Trinajstić information content (AvgIpc) is 3.35. The lowest BCUT2D eigenvalue weighted by Gasteiger charge is -2.50. The predicted molar refractivity (Wildman–Crippen MR) is 121 cm³/mol. The van der Waals surface area contributed by atoms with Crippen LogP contribution in [0.1, 0.15) is 52.1 Å². The third kappa shape index (κ3) is 3.32. The topological polar surface area (TPSA) is 59.6 Å². The summed E-state index contributed by atoms with van der Waals surface area (Å²) >= 11 is 0. The molecule has 2 fully saturated rings. The van der Waals surface area contributed by atoms with Gasteiger partial charge in [-0.1, -0.05) is 12.1 Å². The number of rotatable bonds is 2. The molecule has 2 N–H and O–H groups in total. The molecule has 0 bridgehead atoms. The number of benzene rings is 1. The van der Waals surface area contributed by atoms with Crippen molar-refractivity contribution in [1.82, 2.24) is 14.8 Å². The van der Waals surface area contributed by atoms with Crippen molar-refractivity contribution in [3.63, 3.8) is 0 Å². The number of phenolic OH excluding ortho intramolecular Hbond substituents is 1. The van der Waals surface area contributed by atoms with Gasteiger partial charge in [-0.25, -0.2) is 0 Å². The Morgan fingerprint density at radius 3 is 2.73 bits per heavy atom. The highest BCUT2D eigenvalue weighted by Crippen LogP contribution is 2.49. The molecule has 5 nitrogen and oxygen atoms in total. The van der Waals surface area contributed by atoms with E-state index in [0.29, 0.717) is 11.7 Å². The fraction of sp³-hybridized carbons (Fsp3) is 0.542. The van der Waals surface area contributed by atoms with E-state index in [4.69, 9.17) is 0 Å². The number of phenols is 1. The van der Waals surface area contributed by atoms with Gasteiger partial charge in [-0.2, -0.15) is 0 Å². The van der Waals surface area contributed by atoms with Crippen molar-refractivity contribution in [2.75, 3.05) is 33.2 Å². The van der Waals surface area contributed by atoms with Crippen LogP contribution in [-0.4, -0.2) is 59.0 Å². The molecule has 1 amide bonds. The molecule has 1 aromatic heterocycles. The number of piperidine rings is 1. The van der Waals surface area contributed by atoms with Crippen LogP contribution in [0.15, 0.2) is 24.3 Å². The third-order valence-electron chi connectivity index (χ3n) is 7.69. The molecule has 3 heterocycles. The van der Waals surface area contributed by atoms with E-state index in [1.54, 1.807) is 6.07 Å². The van der Waals surface area contributed by atoms with Gasteiger partial charge in [0.25, 0.3) is 5.91 Å². The number of H-pyrrole nitrogens is 1. The number of hydrogen-bond donors (Lipinski definition) is 2. The number of nitrogens with zero attached hydrogens (tertiary/aromatic N) is 2. The molecule has 6 heteroatoms. The van der Waals surface area contributed by atoms with E-state index in [-0.39, 0.29) is 23.7 Å². The highest BCUT2D eigenvalue weighted by molar-refractivity contribution is 5.94. The van der Waals surface area contributed by atoms with Crippen LogP contribution >= 0.6 is 12.4 Å². The summed E-state index contributed by atoms with van der Waals surface area (Å²) in [4.78, 5) is 21.1. The normalized spacial score (nSPS) is 26.1. The van der Waals surface area contributed by atoms with Crippen LogP contribution in [0.3, 0.4) is 0 Å². The van der Waals surface area contributed by atoms with Gasteiger partial charge in [0.1, 0.15) is 11.4 Å². The van der Waals surface area contributed by atoms with Crippen LogP contribution in [0.2, 0.25) is 0 Å². The Bertz CT molecular complexity index is 950. The Kier molecular flexibility index (Phi) is 5.62. The lowest BCUT2D eigenvalue weighted by atomic mass is 9.58. The number of carbonyl (C=O) groups excluding carboxylic acids is 1. The molecule has 5 rings (SSSR count). The molecule has 0 unspecified atom stereocenters. The molecule has 2 aromatic rings. The molecule has 2 aliphatic heterocycles. The lowest BCUT2D eigenvalue weighted by molar-refractivity contribution is 0.0786. The molecule has 0 saturated carbocycles. The first-order chi connectivity index (χ1) is 14.0. The molecule has 162 valence electrons. The number of aromatic nitrogens is 1. The SMILES string of the molecule is Cc1c(C(=O)N2CCCC2)[nH]c2c1C[C@@H]1CN(C)CC[C@@]1(c1cccc(O)c1)C2.Cl. The lowest BCUT2D eigenvalue weighted by Crippen LogP contribution is -2.52. The number of halogens is 1. The molecule has 30 heavy (non-hydrogen) atoms. The molecular formula is C24H32ClN3O2. The monoisotopic (exact) mass is 429 g/mol. The van der Waals surface area contributed by atoms with Gasteiger partial charge in [0, 0.05) is 30.7 Å². The largest absolute Gasteiger partial charge is 0.508 e. The first-order valence-corrected chi connectivity index (χ1v) is 11.0. The summed E-state index contributed by atoms with van der Waals surface area (Å²) in [6.07, 6.45) is 5.20. The highest BCUT2D eigenvalue weighted by atomic mass is 35.5. The zero-order chi connectivity index (χ0) is 20.2. The number of hydrogen-bond acceptors (Lipinski definition) is 3. The van der Waals surface area contributed by atoms with E-state index >= 15 is 0 Å². The quantitative estimate of drug-likeness (QED) is 0.765. The van der Waals surface area contributed by atoms with Gasteiger partial charge >= 0.3 is 0 Å². The van der Waals surface area contributed by atoms with Gasteiger partial charge < -0.3 is 19.9 Å². The summed E-state index contributed by atoms with van der Waals surface area (Å²) in [7, 11) is 2.20. The summed E-state index contributed by atoms with van der Waals surface area (Å²) in [6, 6.07) is 7.85. The van der Waals surface area contributed by atoms with Crippen molar-refractivity contribution in [3.8, 4) is 5.75 Å². The summed E-state index contributed by atoms with van der Waals surface area (Å²) < 4.78 is 0. The second kappa shape index (κ2) is 7.93. The first kappa shape index (κ1) is 21.3. The number of amides is 1.